The molecule has 0 aliphatic rings. The number of thioether (sulfide) groups is 1. The number of imidazole rings is 1. The molecule has 8 heteroatoms. The molecule has 174 valence electrons. The fourth-order valence-electron chi connectivity index (χ4n) is 3.16. The Hall–Kier alpha value is -1.09. The number of hydrogen-bond donors (Lipinski definition) is 0. The third kappa shape index (κ3) is 6.46. The molecule has 0 aliphatic heterocycles. The van der Waals surface area contributed by atoms with Gasteiger partial charge in [-0.05, 0) is 47.8 Å². The van der Waals surface area contributed by atoms with Crippen LogP contribution in [0.2, 0.25) is 18.1 Å². The Morgan fingerprint density at radius 2 is 1.68 bits per heavy atom. The van der Waals surface area contributed by atoms with Gasteiger partial charge >= 0.3 is 10.2 Å². The van der Waals surface area contributed by atoms with Gasteiger partial charge in [0.05, 0.1) is 5.69 Å². The highest BCUT2D eigenvalue weighted by molar-refractivity contribution is 7.99. The first-order chi connectivity index (χ1) is 14.4. The van der Waals surface area contributed by atoms with E-state index in [-0.39, 0.29) is 5.04 Å². The predicted molar refractivity (Wildman–Crippen MR) is 137 cm³/mol. The lowest BCUT2D eigenvalue weighted by molar-refractivity contribution is 0.509. The topological polar surface area (TPSA) is 55.2 Å². The van der Waals surface area contributed by atoms with E-state index in [9.17, 15) is 8.42 Å². The lowest BCUT2D eigenvalue weighted by atomic mass is 10.2. The summed E-state index contributed by atoms with van der Waals surface area (Å²) in [4.78, 5) is 4.68. The summed E-state index contributed by atoms with van der Waals surface area (Å²) in [5.74, 6) is 2.21. The first-order valence-corrected chi connectivity index (χ1v) is 16.6. The van der Waals surface area contributed by atoms with Gasteiger partial charge in [0.2, 0.25) is 0 Å². The Morgan fingerprint density at radius 3 is 2.26 bits per heavy atom. The van der Waals surface area contributed by atoms with Crippen LogP contribution in [0, 0.1) is 0 Å². The summed E-state index contributed by atoms with van der Waals surface area (Å²) in [5, 5.41) is 0.00456. The highest BCUT2D eigenvalue weighted by Crippen LogP contribution is 2.35. The molecule has 0 amide bonds. The summed E-state index contributed by atoms with van der Waals surface area (Å²) in [6, 6.07) is 10.6. The number of benzene rings is 1. The van der Waals surface area contributed by atoms with E-state index in [0.29, 0.717) is 0 Å². The highest BCUT2D eigenvalue weighted by atomic mass is 32.2. The van der Waals surface area contributed by atoms with Crippen molar-refractivity contribution >= 4 is 35.5 Å². The molecule has 0 aliphatic carbocycles. The fourth-order valence-corrected chi connectivity index (χ4v) is 7.92. The van der Waals surface area contributed by atoms with Crippen molar-refractivity contribution in [3.05, 3.63) is 47.8 Å². The summed E-state index contributed by atoms with van der Waals surface area (Å²) in [7, 11) is -2.53. The maximum atomic E-state index is 13.2. The van der Waals surface area contributed by atoms with Gasteiger partial charge in [-0.25, -0.2) is 8.96 Å². The minimum absolute atomic E-state index is 0.00456. The zero-order valence-corrected chi connectivity index (χ0v) is 22.8. The number of unbranched alkanes of at least 4 members (excludes halogenated alkanes) is 1. The maximum Gasteiger partial charge on any atom is 0.308 e. The number of aromatic nitrogens is 2. The Morgan fingerprint density at radius 1 is 1.03 bits per heavy atom. The number of rotatable bonds is 11. The Labute approximate surface area is 194 Å². The molecule has 31 heavy (non-hydrogen) atoms. The highest BCUT2D eigenvalue weighted by Gasteiger charge is 2.43. The van der Waals surface area contributed by atoms with Crippen molar-refractivity contribution in [3.8, 4) is 0 Å². The fraction of sp³-hybridized carbons (Fsp3) is 0.609. The van der Waals surface area contributed by atoms with Crippen LogP contribution in [0.25, 0.3) is 0 Å². The lowest BCUT2D eigenvalue weighted by Crippen LogP contribution is -2.56. The first kappa shape index (κ1) is 26.2. The zero-order chi connectivity index (χ0) is 23.3. The maximum absolute atomic E-state index is 13.2. The zero-order valence-electron chi connectivity index (χ0n) is 20.2. The van der Waals surface area contributed by atoms with Gasteiger partial charge in [-0.1, -0.05) is 64.2 Å². The quantitative estimate of drug-likeness (QED) is 0.349. The minimum Gasteiger partial charge on any atom is -0.246 e. The molecular formula is C23H39N3O2S2Si. The van der Waals surface area contributed by atoms with Crippen LogP contribution in [0.5, 0.6) is 0 Å². The lowest BCUT2D eigenvalue weighted by Gasteiger charge is -2.36. The summed E-state index contributed by atoms with van der Waals surface area (Å²) >= 11 is 1.97. The van der Waals surface area contributed by atoms with Crippen molar-refractivity contribution in [2.75, 3.05) is 25.6 Å². The van der Waals surface area contributed by atoms with E-state index in [4.69, 9.17) is 0 Å². The van der Waals surface area contributed by atoms with E-state index in [1.165, 1.54) is 9.87 Å². The summed E-state index contributed by atoms with van der Waals surface area (Å²) in [6.07, 6.45) is 5.65. The van der Waals surface area contributed by atoms with Gasteiger partial charge in [-0.3, -0.25) is 0 Å². The van der Waals surface area contributed by atoms with Gasteiger partial charge in [-0.2, -0.15) is 24.5 Å². The van der Waals surface area contributed by atoms with Gasteiger partial charge in [0.1, 0.15) is 13.5 Å². The SMILES string of the molecule is CN(C)S(=O)(=O)n1c(CCCCSCCc2ccccc2)cnc1[Si](C)(C)C(C)(C)C. The van der Waals surface area contributed by atoms with Crippen LogP contribution in [-0.2, 0) is 23.1 Å². The molecule has 0 spiro atoms. The van der Waals surface area contributed by atoms with Crippen LogP contribution >= 0.6 is 11.8 Å². The molecule has 0 fully saturated rings. The predicted octanol–water partition coefficient (Wildman–Crippen LogP) is 4.55. The van der Waals surface area contributed by atoms with Crippen LogP contribution in [0.4, 0.5) is 0 Å². The van der Waals surface area contributed by atoms with Crippen molar-refractivity contribution < 1.29 is 8.42 Å². The molecule has 0 saturated heterocycles. The van der Waals surface area contributed by atoms with E-state index in [0.717, 1.165) is 48.3 Å². The molecule has 5 nitrogen and oxygen atoms in total. The minimum atomic E-state index is -3.60. The third-order valence-corrected chi connectivity index (χ3v) is 14.5. The summed E-state index contributed by atoms with van der Waals surface area (Å²) in [6.45, 7) is 11.0. The van der Waals surface area contributed by atoms with Gasteiger partial charge in [0, 0.05) is 20.3 Å². The molecular weight excluding hydrogens is 442 g/mol. The molecule has 0 atom stereocenters. The van der Waals surface area contributed by atoms with Crippen molar-refractivity contribution in [1.29, 1.82) is 0 Å². The summed E-state index contributed by atoms with van der Waals surface area (Å²) in [5.41, 5.74) is 2.94. The molecule has 2 aromatic rings. The van der Waals surface area contributed by atoms with Crippen LogP contribution in [-0.4, -0.2) is 55.4 Å². The van der Waals surface area contributed by atoms with E-state index >= 15 is 0 Å². The van der Waals surface area contributed by atoms with E-state index in [1.54, 1.807) is 24.3 Å². The van der Waals surface area contributed by atoms with Crippen LogP contribution in [0.3, 0.4) is 0 Å². The third-order valence-electron chi connectivity index (χ3n) is 6.26. The Bertz CT molecular complexity index is 933. The van der Waals surface area contributed by atoms with E-state index < -0.39 is 18.3 Å². The van der Waals surface area contributed by atoms with Crippen molar-refractivity contribution in [2.24, 2.45) is 0 Å². The van der Waals surface area contributed by atoms with E-state index in [2.05, 4.69) is 63.1 Å². The molecule has 1 aromatic heterocycles. The number of aryl methyl sites for hydroxylation is 2. The molecule has 2 rings (SSSR count). The molecule has 1 heterocycles. The first-order valence-electron chi connectivity index (χ1n) is 11.0. The second kappa shape index (κ2) is 10.7. The molecule has 0 unspecified atom stereocenters. The van der Waals surface area contributed by atoms with Crippen LogP contribution in [0.15, 0.2) is 36.5 Å². The molecule has 0 saturated carbocycles. The molecule has 0 radical (unpaired) electrons. The van der Waals surface area contributed by atoms with Crippen molar-refractivity contribution in [2.45, 2.75) is 64.6 Å². The Kier molecular flexibility index (Phi) is 9.02. The molecule has 0 N–H and O–H groups in total. The standard InChI is InChI=1S/C23H39N3O2S2Si/c1-23(2,3)31(6,7)22-24-19-21(26(22)30(27,28)25(4)5)15-11-12-17-29-18-16-20-13-9-8-10-14-20/h8-10,13-14,19H,11-12,15-18H2,1-7H3. The van der Waals surface area contributed by atoms with Crippen LogP contribution in [0.1, 0.15) is 44.9 Å². The van der Waals surface area contributed by atoms with Crippen molar-refractivity contribution in [1.82, 2.24) is 13.3 Å². The van der Waals surface area contributed by atoms with Crippen molar-refractivity contribution in [3.63, 3.8) is 0 Å². The van der Waals surface area contributed by atoms with Crippen LogP contribution < -0.4 is 5.45 Å². The normalized spacial score (nSPS) is 13.2. The van der Waals surface area contributed by atoms with Gasteiger partial charge in [-0.15, -0.1) is 0 Å². The van der Waals surface area contributed by atoms with Gasteiger partial charge in [0.15, 0.2) is 0 Å². The smallest absolute Gasteiger partial charge is 0.246 e. The largest absolute Gasteiger partial charge is 0.308 e. The van der Waals surface area contributed by atoms with Gasteiger partial charge in [0.25, 0.3) is 0 Å². The monoisotopic (exact) mass is 481 g/mol. The molecule has 0 bridgehead atoms. The second-order valence-electron chi connectivity index (χ2n) is 9.81. The second-order valence-corrected chi connectivity index (χ2v) is 18.2. The number of hydrogen-bond acceptors (Lipinski definition) is 4. The van der Waals surface area contributed by atoms with Gasteiger partial charge < -0.3 is 0 Å². The average molecular weight is 482 g/mol. The van der Waals surface area contributed by atoms with E-state index in [1.807, 2.05) is 17.8 Å². The Balaban J connectivity index is 2.02. The summed E-state index contributed by atoms with van der Waals surface area (Å²) < 4.78 is 29.2. The number of nitrogens with zero attached hydrogens (tertiary/aromatic N) is 3. The average Bonchev–Trinajstić information content (AvgIpc) is 3.12. The molecule has 1 aromatic carbocycles.